The van der Waals surface area contributed by atoms with Gasteiger partial charge in [0, 0.05) is 32.8 Å². The van der Waals surface area contributed by atoms with Gasteiger partial charge in [-0.05, 0) is 33.9 Å². The third-order valence-electron chi connectivity index (χ3n) is 2.60. The van der Waals surface area contributed by atoms with E-state index >= 15 is 0 Å². The van der Waals surface area contributed by atoms with Gasteiger partial charge in [-0.1, -0.05) is 0 Å². The predicted molar refractivity (Wildman–Crippen MR) is 67.9 cm³/mol. The van der Waals surface area contributed by atoms with Gasteiger partial charge in [0.15, 0.2) is 0 Å². The van der Waals surface area contributed by atoms with Crippen molar-refractivity contribution < 1.29 is 9.47 Å². The first-order chi connectivity index (χ1) is 7.68. The highest BCUT2D eigenvalue weighted by atomic mass is 16.5. The molecule has 0 aromatic rings. The van der Waals surface area contributed by atoms with E-state index in [0.29, 0.717) is 19.3 Å². The van der Waals surface area contributed by atoms with Crippen molar-refractivity contribution in [3.63, 3.8) is 0 Å². The quantitative estimate of drug-likeness (QED) is 0.538. The van der Waals surface area contributed by atoms with Crippen LogP contribution in [0, 0.1) is 0 Å². The molecule has 0 spiro atoms. The summed E-state index contributed by atoms with van der Waals surface area (Å²) in [4.78, 5) is 2.34. The van der Waals surface area contributed by atoms with Gasteiger partial charge in [-0.3, -0.25) is 0 Å². The summed E-state index contributed by atoms with van der Waals surface area (Å²) in [6.07, 6.45) is 1.06. The molecule has 0 radical (unpaired) electrons. The molecule has 0 aliphatic heterocycles. The lowest BCUT2D eigenvalue weighted by atomic mass is 10.3. The van der Waals surface area contributed by atoms with Crippen molar-refractivity contribution in [2.45, 2.75) is 26.3 Å². The smallest absolute Gasteiger partial charge is 0.0700 e. The van der Waals surface area contributed by atoms with E-state index in [9.17, 15) is 0 Å². The Kier molecular flexibility index (Phi) is 11.2. The summed E-state index contributed by atoms with van der Waals surface area (Å²) in [6.45, 7) is 9.80. The van der Waals surface area contributed by atoms with Crippen molar-refractivity contribution in [1.82, 2.24) is 10.2 Å². The molecule has 0 rings (SSSR count). The largest absolute Gasteiger partial charge is 0.382 e. The molecular formula is C12H28N2O2. The standard InChI is InChI=1S/C12H28N2O2/c1-12(2)14(3)8-7-13-6-5-9-16-11-10-15-4/h12-13H,5-11H2,1-4H3. The van der Waals surface area contributed by atoms with Crippen molar-refractivity contribution in [3.8, 4) is 0 Å². The number of likely N-dealkylation sites (N-methyl/N-ethyl adjacent to an activating group) is 1. The van der Waals surface area contributed by atoms with Crippen LogP contribution in [0.1, 0.15) is 20.3 Å². The molecule has 16 heavy (non-hydrogen) atoms. The topological polar surface area (TPSA) is 33.7 Å². The summed E-state index contributed by atoms with van der Waals surface area (Å²) in [5.41, 5.74) is 0. The number of hydrogen-bond donors (Lipinski definition) is 1. The van der Waals surface area contributed by atoms with Crippen LogP contribution in [0.2, 0.25) is 0 Å². The molecule has 0 aromatic heterocycles. The molecule has 0 aromatic carbocycles. The molecule has 0 fully saturated rings. The summed E-state index contributed by atoms with van der Waals surface area (Å²) >= 11 is 0. The van der Waals surface area contributed by atoms with Gasteiger partial charge in [-0.25, -0.2) is 0 Å². The van der Waals surface area contributed by atoms with Crippen LogP contribution in [-0.2, 0) is 9.47 Å². The van der Waals surface area contributed by atoms with Crippen LogP contribution in [-0.4, -0.2) is 64.6 Å². The van der Waals surface area contributed by atoms with Gasteiger partial charge < -0.3 is 19.7 Å². The molecule has 0 aliphatic rings. The number of ether oxygens (including phenoxy) is 2. The van der Waals surface area contributed by atoms with Crippen LogP contribution in [0.4, 0.5) is 0 Å². The Hall–Kier alpha value is -0.160. The summed E-state index contributed by atoms with van der Waals surface area (Å²) in [5.74, 6) is 0. The summed E-state index contributed by atoms with van der Waals surface area (Å²) < 4.78 is 10.3. The number of nitrogens with one attached hydrogen (secondary N) is 1. The molecule has 0 amide bonds. The Bertz CT molecular complexity index is 143. The molecular weight excluding hydrogens is 204 g/mol. The van der Waals surface area contributed by atoms with Crippen molar-refractivity contribution in [2.24, 2.45) is 0 Å². The molecule has 4 heteroatoms. The lowest BCUT2D eigenvalue weighted by molar-refractivity contribution is 0.0694. The van der Waals surface area contributed by atoms with Gasteiger partial charge in [-0.2, -0.15) is 0 Å². The Labute approximate surface area is 100 Å². The number of hydrogen-bond acceptors (Lipinski definition) is 4. The molecule has 0 unspecified atom stereocenters. The lowest BCUT2D eigenvalue weighted by Crippen LogP contribution is -2.34. The maximum absolute atomic E-state index is 5.36. The Balaban J connectivity index is 3.04. The first-order valence-corrected chi connectivity index (χ1v) is 6.16. The van der Waals surface area contributed by atoms with Crippen LogP contribution in [0.3, 0.4) is 0 Å². The summed E-state index contributed by atoms with van der Waals surface area (Å²) in [6, 6.07) is 0.624. The maximum Gasteiger partial charge on any atom is 0.0700 e. The van der Waals surface area contributed by atoms with Gasteiger partial charge in [0.1, 0.15) is 0 Å². The van der Waals surface area contributed by atoms with E-state index in [4.69, 9.17) is 9.47 Å². The fourth-order valence-corrected chi connectivity index (χ4v) is 1.18. The summed E-state index contributed by atoms with van der Waals surface area (Å²) in [5, 5.41) is 3.41. The van der Waals surface area contributed by atoms with Crippen LogP contribution in [0.5, 0.6) is 0 Å². The van der Waals surface area contributed by atoms with Crippen LogP contribution in [0.15, 0.2) is 0 Å². The maximum atomic E-state index is 5.36. The fourth-order valence-electron chi connectivity index (χ4n) is 1.18. The normalized spacial score (nSPS) is 11.6. The molecule has 0 aliphatic carbocycles. The fraction of sp³-hybridized carbons (Fsp3) is 1.00. The first kappa shape index (κ1) is 15.8. The van der Waals surface area contributed by atoms with Crippen molar-refractivity contribution in [1.29, 1.82) is 0 Å². The minimum atomic E-state index is 0.624. The highest BCUT2D eigenvalue weighted by Gasteiger charge is 2.00. The van der Waals surface area contributed by atoms with E-state index in [-0.39, 0.29) is 0 Å². The van der Waals surface area contributed by atoms with Crippen LogP contribution >= 0.6 is 0 Å². The Morgan fingerprint density at radius 3 is 2.50 bits per heavy atom. The zero-order chi connectivity index (χ0) is 12.2. The van der Waals surface area contributed by atoms with E-state index in [1.165, 1.54) is 0 Å². The lowest BCUT2D eigenvalue weighted by Gasteiger charge is -2.20. The number of nitrogens with zero attached hydrogens (tertiary/aromatic N) is 1. The number of methoxy groups -OCH3 is 1. The van der Waals surface area contributed by atoms with Crippen molar-refractivity contribution in [3.05, 3.63) is 0 Å². The molecule has 4 nitrogen and oxygen atoms in total. The highest BCUT2D eigenvalue weighted by molar-refractivity contribution is 4.58. The van der Waals surface area contributed by atoms with E-state index in [2.05, 4.69) is 31.1 Å². The third-order valence-corrected chi connectivity index (χ3v) is 2.60. The van der Waals surface area contributed by atoms with E-state index in [1.807, 2.05) is 0 Å². The van der Waals surface area contributed by atoms with Crippen molar-refractivity contribution >= 4 is 0 Å². The van der Waals surface area contributed by atoms with Gasteiger partial charge in [0.05, 0.1) is 13.2 Å². The van der Waals surface area contributed by atoms with Crippen LogP contribution < -0.4 is 5.32 Å². The Morgan fingerprint density at radius 1 is 1.12 bits per heavy atom. The molecule has 0 bridgehead atoms. The number of rotatable bonds is 11. The monoisotopic (exact) mass is 232 g/mol. The van der Waals surface area contributed by atoms with Crippen molar-refractivity contribution in [2.75, 3.05) is 53.6 Å². The molecule has 0 saturated heterocycles. The van der Waals surface area contributed by atoms with Gasteiger partial charge in [-0.15, -0.1) is 0 Å². The first-order valence-electron chi connectivity index (χ1n) is 6.16. The highest BCUT2D eigenvalue weighted by Crippen LogP contribution is 1.90. The molecule has 98 valence electrons. The minimum Gasteiger partial charge on any atom is -0.382 e. The zero-order valence-electron chi connectivity index (χ0n) is 11.3. The Morgan fingerprint density at radius 2 is 1.88 bits per heavy atom. The van der Waals surface area contributed by atoms with E-state index in [0.717, 1.165) is 32.7 Å². The molecule has 0 saturated carbocycles. The molecule has 1 N–H and O–H groups in total. The molecule has 0 heterocycles. The predicted octanol–water partition coefficient (Wildman–Crippen LogP) is 0.969. The van der Waals surface area contributed by atoms with E-state index < -0.39 is 0 Å². The van der Waals surface area contributed by atoms with Gasteiger partial charge >= 0.3 is 0 Å². The van der Waals surface area contributed by atoms with Gasteiger partial charge in [0.25, 0.3) is 0 Å². The SMILES string of the molecule is COCCOCCCNCCN(C)C(C)C. The molecule has 0 atom stereocenters. The second kappa shape index (κ2) is 11.3. The average molecular weight is 232 g/mol. The van der Waals surface area contributed by atoms with Gasteiger partial charge in [0.2, 0.25) is 0 Å². The third kappa shape index (κ3) is 10.4. The second-order valence-corrected chi connectivity index (χ2v) is 4.28. The average Bonchev–Trinajstić information content (AvgIpc) is 2.26. The summed E-state index contributed by atoms with van der Waals surface area (Å²) in [7, 11) is 3.84. The zero-order valence-corrected chi connectivity index (χ0v) is 11.3. The van der Waals surface area contributed by atoms with Crippen LogP contribution in [0.25, 0.3) is 0 Å². The minimum absolute atomic E-state index is 0.624. The van der Waals surface area contributed by atoms with E-state index in [1.54, 1.807) is 7.11 Å². The second-order valence-electron chi connectivity index (χ2n) is 4.28.